The van der Waals surface area contributed by atoms with Crippen molar-refractivity contribution in [3.8, 4) is 0 Å². The van der Waals surface area contributed by atoms with Crippen LogP contribution in [-0.4, -0.2) is 15.9 Å². The number of H-pyrrole nitrogens is 1. The number of hydrogen-bond donors (Lipinski definition) is 4. The van der Waals surface area contributed by atoms with Gasteiger partial charge in [0.2, 0.25) is 5.95 Å². The van der Waals surface area contributed by atoms with Crippen molar-refractivity contribution in [3.05, 3.63) is 83.9 Å². The molecule has 0 saturated heterocycles. The monoisotopic (exact) mass is 357 g/mol. The van der Waals surface area contributed by atoms with Crippen LogP contribution in [0.5, 0.6) is 0 Å². The number of nitrogens with zero attached hydrogens (tertiary/aromatic N) is 1. The maximum absolute atomic E-state index is 12.4. The summed E-state index contributed by atoms with van der Waals surface area (Å²) in [5.41, 5.74) is 10.5. The zero-order valence-corrected chi connectivity index (χ0v) is 14.6. The lowest BCUT2D eigenvalue weighted by Crippen LogP contribution is -2.13. The van der Waals surface area contributed by atoms with Gasteiger partial charge in [0.1, 0.15) is 0 Å². The number of nitrogen functional groups attached to an aromatic ring is 1. The van der Waals surface area contributed by atoms with Gasteiger partial charge < -0.3 is 21.4 Å². The van der Waals surface area contributed by atoms with E-state index in [4.69, 9.17) is 5.73 Å². The predicted molar refractivity (Wildman–Crippen MR) is 109 cm³/mol. The van der Waals surface area contributed by atoms with E-state index in [1.807, 2.05) is 48.5 Å². The third-order valence-corrected chi connectivity index (χ3v) is 4.27. The van der Waals surface area contributed by atoms with E-state index in [2.05, 4.69) is 20.6 Å². The summed E-state index contributed by atoms with van der Waals surface area (Å²) in [5.74, 6) is 0.530. The highest BCUT2D eigenvalue weighted by atomic mass is 16.1. The van der Waals surface area contributed by atoms with Gasteiger partial charge in [0.25, 0.3) is 5.91 Å². The largest absolute Gasteiger partial charge is 0.397 e. The maximum Gasteiger partial charge on any atom is 0.255 e. The molecule has 0 fully saturated rings. The van der Waals surface area contributed by atoms with Crippen LogP contribution in [0, 0.1) is 0 Å². The minimum absolute atomic E-state index is 0.190. The van der Waals surface area contributed by atoms with E-state index in [-0.39, 0.29) is 5.91 Å². The number of aromatic amines is 1. The van der Waals surface area contributed by atoms with Crippen molar-refractivity contribution in [1.29, 1.82) is 0 Å². The van der Waals surface area contributed by atoms with Gasteiger partial charge in [-0.05, 0) is 42.0 Å². The number of carbonyl (C=O) groups excluding carboxylic acids is 1. The summed E-state index contributed by atoms with van der Waals surface area (Å²) in [6.07, 6.45) is 0. The summed E-state index contributed by atoms with van der Waals surface area (Å²) in [6, 6.07) is 22.5. The smallest absolute Gasteiger partial charge is 0.255 e. The number of rotatable bonds is 5. The Bertz CT molecular complexity index is 1050. The number of para-hydroxylation sites is 4. The first-order valence-electron chi connectivity index (χ1n) is 8.62. The molecule has 0 saturated carbocycles. The Morgan fingerprint density at radius 2 is 1.70 bits per heavy atom. The second-order valence-electron chi connectivity index (χ2n) is 6.19. The molecule has 6 heteroatoms. The molecule has 0 atom stereocenters. The zero-order chi connectivity index (χ0) is 18.6. The Labute approximate surface area is 156 Å². The van der Waals surface area contributed by atoms with Gasteiger partial charge in [-0.25, -0.2) is 4.98 Å². The highest BCUT2D eigenvalue weighted by molar-refractivity contribution is 6.05. The summed E-state index contributed by atoms with van der Waals surface area (Å²) in [6.45, 7) is 0.605. The lowest BCUT2D eigenvalue weighted by molar-refractivity contribution is 0.102. The first kappa shape index (κ1) is 16.7. The van der Waals surface area contributed by atoms with Crippen molar-refractivity contribution in [2.45, 2.75) is 6.54 Å². The second kappa shape index (κ2) is 7.21. The Morgan fingerprint density at radius 1 is 0.963 bits per heavy atom. The minimum atomic E-state index is -0.190. The number of aromatic nitrogens is 2. The summed E-state index contributed by atoms with van der Waals surface area (Å²) < 4.78 is 0. The lowest BCUT2D eigenvalue weighted by atomic mass is 10.1. The molecule has 1 aromatic heterocycles. The fraction of sp³-hybridized carbons (Fsp3) is 0.0476. The van der Waals surface area contributed by atoms with Gasteiger partial charge in [-0.3, -0.25) is 4.79 Å². The predicted octanol–water partition coefficient (Wildman–Crippen LogP) is 4.01. The van der Waals surface area contributed by atoms with Crippen molar-refractivity contribution in [2.75, 3.05) is 16.4 Å². The molecule has 27 heavy (non-hydrogen) atoms. The Hall–Kier alpha value is -3.80. The van der Waals surface area contributed by atoms with Crippen LogP contribution in [0.2, 0.25) is 0 Å². The van der Waals surface area contributed by atoms with Crippen LogP contribution < -0.4 is 16.4 Å². The zero-order valence-electron chi connectivity index (χ0n) is 14.6. The van der Waals surface area contributed by atoms with Crippen molar-refractivity contribution < 1.29 is 4.79 Å². The highest BCUT2D eigenvalue weighted by Crippen LogP contribution is 2.18. The number of nitrogens with two attached hydrogens (primary N) is 1. The molecule has 0 unspecified atom stereocenters. The van der Waals surface area contributed by atoms with E-state index in [0.717, 1.165) is 22.5 Å². The molecule has 1 heterocycles. The van der Waals surface area contributed by atoms with Gasteiger partial charge in [-0.1, -0.05) is 36.4 Å². The summed E-state index contributed by atoms with van der Waals surface area (Å²) in [7, 11) is 0. The molecule has 0 spiro atoms. The number of nitrogens with one attached hydrogen (secondary N) is 3. The van der Waals surface area contributed by atoms with E-state index >= 15 is 0 Å². The molecule has 5 N–H and O–H groups in total. The molecule has 0 aliphatic rings. The molecular weight excluding hydrogens is 338 g/mol. The van der Waals surface area contributed by atoms with E-state index in [1.54, 1.807) is 24.3 Å². The lowest BCUT2D eigenvalue weighted by Gasteiger charge is -2.08. The number of amides is 1. The fourth-order valence-corrected chi connectivity index (χ4v) is 2.80. The molecule has 6 nitrogen and oxygen atoms in total. The number of hydrogen-bond acceptors (Lipinski definition) is 4. The van der Waals surface area contributed by atoms with Crippen LogP contribution in [0.3, 0.4) is 0 Å². The normalized spacial score (nSPS) is 10.7. The highest BCUT2D eigenvalue weighted by Gasteiger charge is 2.08. The van der Waals surface area contributed by atoms with Gasteiger partial charge in [0.15, 0.2) is 0 Å². The Morgan fingerprint density at radius 3 is 2.48 bits per heavy atom. The van der Waals surface area contributed by atoms with Crippen LogP contribution in [0.1, 0.15) is 15.9 Å². The van der Waals surface area contributed by atoms with E-state index in [0.29, 0.717) is 23.5 Å². The first-order valence-corrected chi connectivity index (χ1v) is 8.62. The van der Waals surface area contributed by atoms with Crippen molar-refractivity contribution in [1.82, 2.24) is 9.97 Å². The second-order valence-corrected chi connectivity index (χ2v) is 6.19. The molecule has 0 bridgehead atoms. The molecular formula is C21H19N5O. The summed E-state index contributed by atoms with van der Waals surface area (Å²) >= 11 is 0. The quantitative estimate of drug-likeness (QED) is 0.406. The van der Waals surface area contributed by atoms with Crippen LogP contribution in [0.15, 0.2) is 72.8 Å². The van der Waals surface area contributed by atoms with Crippen LogP contribution in [0.25, 0.3) is 11.0 Å². The summed E-state index contributed by atoms with van der Waals surface area (Å²) in [5, 5.41) is 6.09. The minimum Gasteiger partial charge on any atom is -0.397 e. The average Bonchev–Trinajstić information content (AvgIpc) is 3.11. The molecule has 0 aliphatic carbocycles. The molecule has 0 radical (unpaired) electrons. The van der Waals surface area contributed by atoms with Gasteiger partial charge in [-0.2, -0.15) is 0 Å². The van der Waals surface area contributed by atoms with Crippen LogP contribution in [-0.2, 0) is 6.54 Å². The number of benzene rings is 3. The maximum atomic E-state index is 12.4. The fourth-order valence-electron chi connectivity index (χ4n) is 2.80. The SMILES string of the molecule is Nc1ccccc1NC(=O)c1ccc(CNc2nc3ccccc3[nH]2)cc1. The summed E-state index contributed by atoms with van der Waals surface area (Å²) in [4.78, 5) is 20.1. The molecule has 134 valence electrons. The number of imidazole rings is 1. The molecule has 3 aromatic carbocycles. The van der Waals surface area contributed by atoms with Gasteiger partial charge in [0, 0.05) is 12.1 Å². The third-order valence-electron chi connectivity index (χ3n) is 4.27. The van der Waals surface area contributed by atoms with Crippen molar-refractivity contribution in [3.63, 3.8) is 0 Å². The van der Waals surface area contributed by atoms with E-state index in [1.165, 1.54) is 0 Å². The van der Waals surface area contributed by atoms with Crippen molar-refractivity contribution in [2.24, 2.45) is 0 Å². The number of carbonyl (C=O) groups is 1. The van der Waals surface area contributed by atoms with Crippen LogP contribution in [0.4, 0.5) is 17.3 Å². The molecule has 4 aromatic rings. The van der Waals surface area contributed by atoms with Gasteiger partial charge >= 0.3 is 0 Å². The molecule has 1 amide bonds. The molecule has 0 aliphatic heterocycles. The number of fused-ring (bicyclic) bond motifs is 1. The Balaban J connectivity index is 1.39. The Kier molecular flexibility index (Phi) is 4.45. The van der Waals surface area contributed by atoms with E-state index < -0.39 is 0 Å². The van der Waals surface area contributed by atoms with Crippen molar-refractivity contribution >= 4 is 34.3 Å². The van der Waals surface area contributed by atoms with Gasteiger partial charge in [-0.15, -0.1) is 0 Å². The molecule has 4 rings (SSSR count). The van der Waals surface area contributed by atoms with Gasteiger partial charge in [0.05, 0.1) is 22.4 Å². The van der Waals surface area contributed by atoms with Crippen LogP contribution >= 0.6 is 0 Å². The topological polar surface area (TPSA) is 95.8 Å². The number of anilines is 3. The average molecular weight is 357 g/mol. The first-order chi connectivity index (χ1) is 13.2. The van der Waals surface area contributed by atoms with E-state index in [9.17, 15) is 4.79 Å². The standard InChI is InChI=1S/C21H19N5O/c22-16-5-1-2-6-17(16)24-20(27)15-11-9-14(10-12-15)13-23-21-25-18-7-3-4-8-19(18)26-21/h1-12H,13,22H2,(H,24,27)(H2,23,25,26). The third kappa shape index (κ3) is 3.74.